The van der Waals surface area contributed by atoms with E-state index in [-0.39, 0.29) is 18.6 Å². The van der Waals surface area contributed by atoms with Gasteiger partial charge in [0.1, 0.15) is 6.61 Å². The van der Waals surface area contributed by atoms with Crippen LogP contribution in [0, 0.1) is 0 Å². The summed E-state index contributed by atoms with van der Waals surface area (Å²) in [5, 5.41) is 3.56. The molecule has 1 amide bonds. The molecule has 6 heteroatoms. The first kappa shape index (κ1) is 13.5. The summed E-state index contributed by atoms with van der Waals surface area (Å²) in [5.74, 6) is 4.99. The van der Waals surface area contributed by atoms with Gasteiger partial charge in [0, 0.05) is 49.2 Å². The zero-order valence-corrected chi connectivity index (χ0v) is 11.8. The maximum Gasteiger partial charge on any atom is 0.248 e. The number of hydrogen-bond donors (Lipinski definition) is 1. The molecule has 1 atom stereocenters. The van der Waals surface area contributed by atoms with Crippen LogP contribution in [0.5, 0.6) is 0 Å². The van der Waals surface area contributed by atoms with Gasteiger partial charge in [-0.2, -0.15) is 23.5 Å². The van der Waals surface area contributed by atoms with Crippen LogP contribution in [0.4, 0.5) is 0 Å². The van der Waals surface area contributed by atoms with Crippen molar-refractivity contribution in [3.05, 3.63) is 0 Å². The number of carbonyl (C=O) groups is 1. The lowest BCUT2D eigenvalue weighted by atomic mass is 10.2. The first-order valence-electron chi connectivity index (χ1n) is 6.00. The molecule has 0 radical (unpaired) electrons. The molecule has 4 nitrogen and oxygen atoms in total. The van der Waals surface area contributed by atoms with Gasteiger partial charge in [-0.05, 0) is 0 Å². The van der Waals surface area contributed by atoms with E-state index in [2.05, 4.69) is 5.32 Å². The SMILES string of the molecule is CN1C[C@H](CNC2CSCCSC2)OCC1=O. The Hall–Kier alpha value is 0.0900. The van der Waals surface area contributed by atoms with Gasteiger partial charge < -0.3 is 15.0 Å². The van der Waals surface area contributed by atoms with E-state index in [0.717, 1.165) is 6.54 Å². The van der Waals surface area contributed by atoms with Crippen LogP contribution in [0.1, 0.15) is 0 Å². The van der Waals surface area contributed by atoms with Crippen LogP contribution in [0.25, 0.3) is 0 Å². The number of rotatable bonds is 3. The van der Waals surface area contributed by atoms with E-state index in [1.54, 1.807) is 4.90 Å². The number of amides is 1. The van der Waals surface area contributed by atoms with Gasteiger partial charge in [-0.15, -0.1) is 0 Å². The largest absolute Gasteiger partial charge is 0.365 e. The maximum absolute atomic E-state index is 11.3. The lowest BCUT2D eigenvalue weighted by Gasteiger charge is -2.31. The first-order valence-corrected chi connectivity index (χ1v) is 8.31. The van der Waals surface area contributed by atoms with Gasteiger partial charge in [-0.3, -0.25) is 4.79 Å². The Morgan fingerprint density at radius 2 is 2.12 bits per heavy atom. The minimum absolute atomic E-state index is 0.0850. The average molecular weight is 276 g/mol. The Kier molecular flexibility index (Phi) is 5.47. The van der Waals surface area contributed by atoms with Crippen LogP contribution in [0.15, 0.2) is 0 Å². The molecule has 2 aliphatic heterocycles. The summed E-state index contributed by atoms with van der Waals surface area (Å²) in [6.07, 6.45) is 0.149. The fourth-order valence-corrected chi connectivity index (χ4v) is 4.38. The summed E-state index contributed by atoms with van der Waals surface area (Å²) in [7, 11) is 1.84. The van der Waals surface area contributed by atoms with Crippen molar-refractivity contribution in [2.24, 2.45) is 0 Å². The van der Waals surface area contributed by atoms with Gasteiger partial charge in [-0.1, -0.05) is 0 Å². The molecular weight excluding hydrogens is 256 g/mol. The van der Waals surface area contributed by atoms with Crippen molar-refractivity contribution in [1.82, 2.24) is 10.2 Å². The number of nitrogens with one attached hydrogen (secondary N) is 1. The minimum atomic E-state index is 0.0850. The molecule has 17 heavy (non-hydrogen) atoms. The molecule has 98 valence electrons. The second-order valence-corrected chi connectivity index (χ2v) is 6.76. The zero-order valence-electron chi connectivity index (χ0n) is 10.2. The number of carbonyl (C=O) groups excluding carboxylic acids is 1. The third-order valence-corrected chi connectivity index (χ3v) is 5.51. The fourth-order valence-electron chi connectivity index (χ4n) is 1.92. The molecule has 0 bridgehead atoms. The molecule has 2 saturated heterocycles. The average Bonchev–Trinajstić information content (AvgIpc) is 2.59. The molecule has 1 N–H and O–H groups in total. The molecular formula is C11H20N2O2S2. The van der Waals surface area contributed by atoms with Crippen molar-refractivity contribution >= 4 is 29.4 Å². The van der Waals surface area contributed by atoms with Crippen molar-refractivity contribution in [2.75, 3.05) is 49.8 Å². The van der Waals surface area contributed by atoms with Crippen LogP contribution in [-0.4, -0.2) is 72.7 Å². The lowest BCUT2D eigenvalue weighted by Crippen LogP contribution is -2.50. The lowest BCUT2D eigenvalue weighted by molar-refractivity contribution is -0.146. The highest BCUT2D eigenvalue weighted by Crippen LogP contribution is 2.16. The Morgan fingerprint density at radius 1 is 1.41 bits per heavy atom. The predicted octanol–water partition coefficient (Wildman–Crippen LogP) is 0.282. The number of likely N-dealkylation sites (N-methyl/N-ethyl adjacent to an activating group) is 1. The second-order valence-electron chi connectivity index (χ2n) is 4.46. The summed E-state index contributed by atoms with van der Waals surface area (Å²) in [5.41, 5.74) is 0. The van der Waals surface area contributed by atoms with Crippen LogP contribution in [0.3, 0.4) is 0 Å². The van der Waals surface area contributed by atoms with Crippen LogP contribution < -0.4 is 5.32 Å². The summed E-state index contributed by atoms with van der Waals surface area (Å²) in [6.45, 7) is 1.79. The Balaban J connectivity index is 1.68. The first-order chi connectivity index (χ1) is 8.25. The third kappa shape index (κ3) is 4.35. The van der Waals surface area contributed by atoms with Crippen LogP contribution >= 0.6 is 23.5 Å². The van der Waals surface area contributed by atoms with Crippen molar-refractivity contribution in [1.29, 1.82) is 0 Å². The highest BCUT2D eigenvalue weighted by Gasteiger charge is 2.24. The molecule has 2 rings (SSSR count). The monoisotopic (exact) mass is 276 g/mol. The van der Waals surface area contributed by atoms with E-state index >= 15 is 0 Å². The summed E-state index contributed by atoms with van der Waals surface area (Å²) >= 11 is 4.05. The molecule has 0 aromatic heterocycles. The van der Waals surface area contributed by atoms with Gasteiger partial charge in [-0.25, -0.2) is 0 Å². The number of morpholine rings is 1. The van der Waals surface area contributed by atoms with Crippen LogP contribution in [0.2, 0.25) is 0 Å². The molecule has 0 aromatic carbocycles. The Bertz CT molecular complexity index is 258. The zero-order chi connectivity index (χ0) is 12.1. The molecule has 0 spiro atoms. The minimum Gasteiger partial charge on any atom is -0.365 e. The van der Waals surface area contributed by atoms with E-state index in [1.165, 1.54) is 23.0 Å². The molecule has 0 saturated carbocycles. The van der Waals surface area contributed by atoms with E-state index < -0.39 is 0 Å². The number of nitrogens with zero attached hydrogens (tertiary/aromatic N) is 1. The third-order valence-electron chi connectivity index (χ3n) is 2.99. The van der Waals surface area contributed by atoms with Gasteiger partial charge in [0.25, 0.3) is 0 Å². The van der Waals surface area contributed by atoms with Gasteiger partial charge in [0.05, 0.1) is 6.10 Å². The number of thioether (sulfide) groups is 2. The maximum atomic E-state index is 11.3. The molecule has 0 aliphatic carbocycles. The summed E-state index contributed by atoms with van der Waals surface area (Å²) in [6, 6.07) is 0.582. The normalized spacial score (nSPS) is 28.2. The fraction of sp³-hybridized carbons (Fsp3) is 0.909. The van der Waals surface area contributed by atoms with Gasteiger partial charge >= 0.3 is 0 Å². The Labute approximate surface area is 111 Å². The molecule has 0 aromatic rings. The topological polar surface area (TPSA) is 41.6 Å². The van der Waals surface area contributed by atoms with E-state index in [9.17, 15) is 4.79 Å². The second kappa shape index (κ2) is 6.87. The standard InChI is InChI=1S/C11H20N2O2S2/c1-13-5-10(15-6-11(13)14)4-12-9-7-16-2-3-17-8-9/h9-10,12H,2-8H2,1H3/t10-/m0/s1. The van der Waals surface area contributed by atoms with Crippen LogP contribution in [-0.2, 0) is 9.53 Å². The summed E-state index contributed by atoms with van der Waals surface area (Å²) < 4.78 is 5.52. The smallest absolute Gasteiger partial charge is 0.248 e. The molecule has 2 aliphatic rings. The Morgan fingerprint density at radius 3 is 2.76 bits per heavy atom. The van der Waals surface area contributed by atoms with E-state index in [0.29, 0.717) is 12.6 Å². The van der Waals surface area contributed by atoms with Crippen molar-refractivity contribution in [3.8, 4) is 0 Å². The molecule has 2 fully saturated rings. The van der Waals surface area contributed by atoms with Crippen molar-refractivity contribution in [3.63, 3.8) is 0 Å². The highest BCUT2D eigenvalue weighted by molar-refractivity contribution is 8.03. The van der Waals surface area contributed by atoms with Gasteiger partial charge in [0.2, 0.25) is 5.91 Å². The molecule has 2 heterocycles. The summed E-state index contributed by atoms with van der Waals surface area (Å²) in [4.78, 5) is 13.0. The van der Waals surface area contributed by atoms with E-state index in [4.69, 9.17) is 4.74 Å². The number of hydrogen-bond acceptors (Lipinski definition) is 5. The van der Waals surface area contributed by atoms with Crippen molar-refractivity contribution < 1.29 is 9.53 Å². The van der Waals surface area contributed by atoms with Gasteiger partial charge in [0.15, 0.2) is 0 Å². The molecule has 0 unspecified atom stereocenters. The van der Waals surface area contributed by atoms with E-state index in [1.807, 2.05) is 30.6 Å². The predicted molar refractivity (Wildman–Crippen MR) is 73.8 cm³/mol. The quantitative estimate of drug-likeness (QED) is 0.802. The number of ether oxygens (including phenoxy) is 1. The highest BCUT2D eigenvalue weighted by atomic mass is 32.2. The van der Waals surface area contributed by atoms with Crippen molar-refractivity contribution in [2.45, 2.75) is 12.1 Å².